The molecule has 3 rings (SSSR count). The van der Waals surface area contributed by atoms with Gasteiger partial charge >= 0.3 is 5.63 Å². The minimum atomic E-state index is -3.07. The molecule has 0 radical (unpaired) electrons. The molecule has 0 spiro atoms. The number of nitrogens with zero attached hydrogens (tertiary/aromatic N) is 1. The predicted octanol–water partition coefficient (Wildman–Crippen LogP) is 1.99. The number of ether oxygens (including phenoxy) is 1. The Hall–Kier alpha value is -2.35. The number of sulfone groups is 1. The van der Waals surface area contributed by atoms with Crippen LogP contribution in [0.2, 0.25) is 0 Å². The lowest BCUT2D eigenvalue weighted by Gasteiger charge is -2.28. The van der Waals surface area contributed by atoms with Gasteiger partial charge < -0.3 is 14.1 Å². The third-order valence-electron chi connectivity index (χ3n) is 4.68. The second kappa shape index (κ2) is 8.12. The molecule has 146 valence electrons. The van der Waals surface area contributed by atoms with Crippen LogP contribution in [0.4, 0.5) is 0 Å². The average Bonchev–Trinajstić information content (AvgIpc) is 2.99. The Labute approximate surface area is 157 Å². The van der Waals surface area contributed by atoms with Crippen molar-refractivity contribution in [1.82, 2.24) is 4.90 Å². The smallest absolute Gasteiger partial charge is 0.336 e. The first kappa shape index (κ1) is 19.4. The molecule has 0 N–H and O–H groups in total. The van der Waals surface area contributed by atoms with Gasteiger partial charge in [-0.2, -0.15) is 0 Å². The van der Waals surface area contributed by atoms with Crippen LogP contribution in [0, 0.1) is 0 Å². The maximum atomic E-state index is 12.7. The first-order valence-corrected chi connectivity index (χ1v) is 10.9. The highest BCUT2D eigenvalue weighted by Gasteiger charge is 2.34. The number of unbranched alkanes of at least 4 members (excludes halogenated alkanes) is 1. The van der Waals surface area contributed by atoms with E-state index in [-0.39, 0.29) is 30.1 Å². The van der Waals surface area contributed by atoms with Gasteiger partial charge in [0.05, 0.1) is 11.5 Å². The summed E-state index contributed by atoms with van der Waals surface area (Å²) in [5, 5.41) is 0.758. The van der Waals surface area contributed by atoms with E-state index in [0.717, 1.165) is 18.2 Å². The van der Waals surface area contributed by atoms with Gasteiger partial charge in [-0.25, -0.2) is 13.2 Å². The lowest BCUT2D eigenvalue weighted by Crippen LogP contribution is -2.44. The standard InChI is InChI=1S/C19H23NO6S/c1-2-3-9-20(15-8-10-27(23,24)13-15)18(21)12-25-16-6-4-14-5-7-19(22)26-17(14)11-16/h4-7,11,15H,2-3,8-10,12-13H2,1H3/t15-/m0/s1. The largest absolute Gasteiger partial charge is 0.484 e. The molecule has 0 aliphatic carbocycles. The minimum Gasteiger partial charge on any atom is -0.484 e. The highest BCUT2D eigenvalue weighted by atomic mass is 32.2. The van der Waals surface area contributed by atoms with Gasteiger partial charge in [0.2, 0.25) is 0 Å². The molecule has 1 aliphatic heterocycles. The van der Waals surface area contributed by atoms with E-state index in [0.29, 0.717) is 24.3 Å². The first-order valence-electron chi connectivity index (χ1n) is 9.04. The molecule has 0 saturated carbocycles. The van der Waals surface area contributed by atoms with Crippen molar-refractivity contribution in [3.8, 4) is 5.75 Å². The highest BCUT2D eigenvalue weighted by molar-refractivity contribution is 7.91. The number of fused-ring (bicyclic) bond motifs is 1. The summed E-state index contributed by atoms with van der Waals surface area (Å²) < 4.78 is 34.2. The molecule has 1 atom stereocenters. The van der Waals surface area contributed by atoms with Crippen molar-refractivity contribution in [3.63, 3.8) is 0 Å². The van der Waals surface area contributed by atoms with Gasteiger partial charge in [-0.05, 0) is 31.0 Å². The van der Waals surface area contributed by atoms with Gasteiger partial charge in [0, 0.05) is 30.1 Å². The van der Waals surface area contributed by atoms with Crippen LogP contribution >= 0.6 is 0 Å². The van der Waals surface area contributed by atoms with E-state index >= 15 is 0 Å². The van der Waals surface area contributed by atoms with Crippen LogP contribution in [-0.2, 0) is 14.6 Å². The Bertz CT molecular complexity index is 981. The first-order chi connectivity index (χ1) is 12.9. The van der Waals surface area contributed by atoms with Gasteiger partial charge in [-0.1, -0.05) is 13.3 Å². The van der Waals surface area contributed by atoms with Crippen LogP contribution in [-0.4, -0.2) is 49.9 Å². The molecule has 0 bridgehead atoms. The third-order valence-corrected chi connectivity index (χ3v) is 6.43. The van der Waals surface area contributed by atoms with Crippen LogP contribution < -0.4 is 10.4 Å². The summed E-state index contributed by atoms with van der Waals surface area (Å²) in [6.07, 6.45) is 2.19. The molecule has 8 heteroatoms. The molecule has 1 aromatic carbocycles. The maximum Gasteiger partial charge on any atom is 0.336 e. The zero-order chi connectivity index (χ0) is 19.4. The van der Waals surface area contributed by atoms with E-state index in [4.69, 9.17) is 9.15 Å². The van der Waals surface area contributed by atoms with Crippen molar-refractivity contribution in [2.45, 2.75) is 32.2 Å². The predicted molar refractivity (Wildman–Crippen MR) is 102 cm³/mol. The topological polar surface area (TPSA) is 93.9 Å². The molecule has 1 aliphatic rings. The molecule has 7 nitrogen and oxygen atoms in total. The minimum absolute atomic E-state index is 0.0174. The normalized spacial score (nSPS) is 18.5. The van der Waals surface area contributed by atoms with Crippen LogP contribution in [0.25, 0.3) is 11.0 Å². The van der Waals surface area contributed by atoms with Crippen LogP contribution in [0.1, 0.15) is 26.2 Å². The Morgan fingerprint density at radius 3 is 2.78 bits per heavy atom. The molecular weight excluding hydrogens is 370 g/mol. The van der Waals surface area contributed by atoms with Crippen LogP contribution in [0.5, 0.6) is 5.75 Å². The average molecular weight is 393 g/mol. The summed E-state index contributed by atoms with van der Waals surface area (Å²) in [7, 11) is -3.07. The summed E-state index contributed by atoms with van der Waals surface area (Å²) in [5.74, 6) is 0.321. The van der Waals surface area contributed by atoms with Gasteiger partial charge in [0.25, 0.3) is 5.91 Å². The zero-order valence-electron chi connectivity index (χ0n) is 15.2. The van der Waals surface area contributed by atoms with E-state index < -0.39 is 15.5 Å². The van der Waals surface area contributed by atoms with E-state index in [2.05, 4.69) is 0 Å². The summed E-state index contributed by atoms with van der Waals surface area (Å²) >= 11 is 0. The van der Waals surface area contributed by atoms with Crippen molar-refractivity contribution in [2.75, 3.05) is 24.7 Å². The van der Waals surface area contributed by atoms with Crippen molar-refractivity contribution < 1.29 is 22.4 Å². The zero-order valence-corrected chi connectivity index (χ0v) is 16.0. The van der Waals surface area contributed by atoms with Gasteiger partial charge in [0.1, 0.15) is 11.3 Å². The highest BCUT2D eigenvalue weighted by Crippen LogP contribution is 2.21. The van der Waals surface area contributed by atoms with Gasteiger partial charge in [-0.15, -0.1) is 0 Å². The monoisotopic (exact) mass is 393 g/mol. The molecule has 0 unspecified atom stereocenters. The van der Waals surface area contributed by atoms with Gasteiger partial charge in [-0.3, -0.25) is 4.79 Å². The van der Waals surface area contributed by atoms with Crippen LogP contribution in [0.3, 0.4) is 0 Å². The molecule has 27 heavy (non-hydrogen) atoms. The summed E-state index contributed by atoms with van der Waals surface area (Å²) in [4.78, 5) is 25.6. The fourth-order valence-corrected chi connectivity index (χ4v) is 4.95. The quantitative estimate of drug-likeness (QED) is 0.668. The van der Waals surface area contributed by atoms with E-state index in [1.54, 1.807) is 29.2 Å². The fraction of sp³-hybridized carbons (Fsp3) is 0.474. The Morgan fingerprint density at radius 2 is 2.07 bits per heavy atom. The Morgan fingerprint density at radius 1 is 1.30 bits per heavy atom. The molecule has 2 heterocycles. The van der Waals surface area contributed by atoms with Crippen molar-refractivity contribution >= 4 is 26.7 Å². The van der Waals surface area contributed by atoms with Gasteiger partial charge in [0.15, 0.2) is 16.4 Å². The molecule has 1 amide bonds. The van der Waals surface area contributed by atoms with E-state index in [9.17, 15) is 18.0 Å². The number of hydrogen-bond acceptors (Lipinski definition) is 6. The Kier molecular flexibility index (Phi) is 5.84. The summed E-state index contributed by atoms with van der Waals surface area (Å²) in [5.41, 5.74) is -0.0684. The third kappa shape index (κ3) is 4.88. The number of carbonyl (C=O) groups excluding carboxylic acids is 1. The lowest BCUT2D eigenvalue weighted by molar-refractivity contribution is -0.135. The van der Waals surface area contributed by atoms with Crippen molar-refractivity contribution in [1.29, 1.82) is 0 Å². The lowest BCUT2D eigenvalue weighted by atomic mass is 10.2. The molecule has 1 saturated heterocycles. The second-order valence-electron chi connectivity index (χ2n) is 6.74. The second-order valence-corrected chi connectivity index (χ2v) is 8.97. The van der Waals surface area contributed by atoms with Crippen molar-refractivity contribution in [2.24, 2.45) is 0 Å². The number of benzene rings is 1. The summed E-state index contributed by atoms with van der Waals surface area (Å²) in [6, 6.07) is 7.73. The molecule has 1 fully saturated rings. The number of amides is 1. The van der Waals surface area contributed by atoms with E-state index in [1.807, 2.05) is 6.92 Å². The Balaban J connectivity index is 1.69. The maximum absolute atomic E-state index is 12.7. The number of hydrogen-bond donors (Lipinski definition) is 0. The summed E-state index contributed by atoms with van der Waals surface area (Å²) in [6.45, 7) is 2.35. The molecular formula is C19H23NO6S. The van der Waals surface area contributed by atoms with Crippen LogP contribution in [0.15, 0.2) is 39.5 Å². The fourth-order valence-electron chi connectivity index (χ4n) is 3.22. The number of carbonyl (C=O) groups is 1. The molecule has 1 aromatic heterocycles. The number of rotatable bonds is 7. The molecule has 2 aromatic rings. The SMILES string of the molecule is CCCCN(C(=O)COc1ccc2ccc(=O)oc2c1)[C@H]1CCS(=O)(=O)C1. The van der Waals surface area contributed by atoms with E-state index in [1.165, 1.54) is 6.07 Å². The van der Waals surface area contributed by atoms with Crippen molar-refractivity contribution in [3.05, 3.63) is 40.8 Å².